The maximum Gasteiger partial charge on any atom is 0.238 e. The molecular weight excluding hydrogens is 295 g/mol. The zero-order chi connectivity index (χ0) is 15.5. The average molecular weight is 306 g/mol. The van der Waals surface area contributed by atoms with Gasteiger partial charge in [-0.25, -0.2) is 17.9 Å². The van der Waals surface area contributed by atoms with Gasteiger partial charge in [0.2, 0.25) is 10.0 Å². The molecule has 0 aromatic heterocycles. The molecule has 2 rings (SSSR count). The van der Waals surface area contributed by atoms with E-state index in [1.165, 1.54) is 36.4 Å². The van der Waals surface area contributed by atoms with Crippen LogP contribution in [0.15, 0.2) is 47.4 Å². The molecule has 7 heteroatoms. The van der Waals surface area contributed by atoms with Crippen LogP contribution in [0.3, 0.4) is 0 Å². The van der Waals surface area contributed by atoms with Crippen molar-refractivity contribution in [3.8, 4) is 11.8 Å². The van der Waals surface area contributed by atoms with Gasteiger partial charge in [-0.3, -0.25) is 0 Å². The van der Waals surface area contributed by atoms with Gasteiger partial charge in [0.05, 0.1) is 16.5 Å². The number of nitriles is 1. The third-order valence-corrected chi connectivity index (χ3v) is 3.57. The van der Waals surface area contributed by atoms with Crippen molar-refractivity contribution < 1.29 is 17.5 Å². The molecule has 21 heavy (non-hydrogen) atoms. The summed E-state index contributed by atoms with van der Waals surface area (Å²) in [5, 5.41) is 13.7. The van der Waals surface area contributed by atoms with E-state index in [9.17, 15) is 12.8 Å². The van der Waals surface area contributed by atoms with Gasteiger partial charge >= 0.3 is 0 Å². The van der Waals surface area contributed by atoms with Crippen LogP contribution in [-0.4, -0.2) is 8.42 Å². The number of rotatable bonds is 4. The van der Waals surface area contributed by atoms with E-state index in [-0.39, 0.29) is 17.1 Å². The maximum absolute atomic E-state index is 13.2. The molecule has 0 aliphatic rings. The topological polar surface area (TPSA) is 93.2 Å². The summed E-state index contributed by atoms with van der Waals surface area (Å²) in [5.41, 5.74) is 0.709. The van der Waals surface area contributed by atoms with Gasteiger partial charge in [-0.1, -0.05) is 0 Å². The first-order valence-corrected chi connectivity index (χ1v) is 7.38. The smallest absolute Gasteiger partial charge is 0.238 e. The van der Waals surface area contributed by atoms with Gasteiger partial charge in [-0.2, -0.15) is 5.26 Å². The Bertz CT molecular complexity index is 796. The summed E-state index contributed by atoms with van der Waals surface area (Å²) < 4.78 is 40.8. The van der Waals surface area contributed by atoms with E-state index < -0.39 is 15.8 Å². The second kappa shape index (κ2) is 5.91. The van der Waals surface area contributed by atoms with E-state index in [1.54, 1.807) is 0 Å². The number of hydrogen-bond donors (Lipinski definition) is 1. The van der Waals surface area contributed by atoms with Crippen LogP contribution in [0.4, 0.5) is 4.39 Å². The molecule has 0 saturated heterocycles. The Balaban J connectivity index is 2.10. The third kappa shape index (κ3) is 4.02. The van der Waals surface area contributed by atoms with Gasteiger partial charge in [0.25, 0.3) is 0 Å². The lowest BCUT2D eigenvalue weighted by Crippen LogP contribution is -2.11. The molecule has 2 aromatic rings. The Morgan fingerprint density at radius 1 is 1.19 bits per heavy atom. The molecule has 0 bridgehead atoms. The van der Waals surface area contributed by atoms with E-state index in [2.05, 4.69) is 0 Å². The van der Waals surface area contributed by atoms with Crippen LogP contribution in [0.5, 0.6) is 5.75 Å². The van der Waals surface area contributed by atoms with Crippen LogP contribution < -0.4 is 9.88 Å². The number of sulfonamides is 1. The normalized spacial score (nSPS) is 10.9. The fourth-order valence-corrected chi connectivity index (χ4v) is 2.21. The Labute approximate surface area is 121 Å². The van der Waals surface area contributed by atoms with E-state index in [0.717, 1.165) is 6.07 Å². The van der Waals surface area contributed by atoms with Crippen molar-refractivity contribution in [2.45, 2.75) is 11.5 Å². The Kier molecular flexibility index (Phi) is 4.21. The fraction of sp³-hybridized carbons (Fsp3) is 0.0714. The molecule has 0 spiro atoms. The number of hydrogen-bond acceptors (Lipinski definition) is 4. The molecule has 108 valence electrons. The zero-order valence-electron chi connectivity index (χ0n) is 10.8. The van der Waals surface area contributed by atoms with Gasteiger partial charge in [-0.05, 0) is 48.0 Å². The summed E-state index contributed by atoms with van der Waals surface area (Å²) in [4.78, 5) is -0.0210. The molecule has 0 aliphatic carbocycles. The lowest BCUT2D eigenvalue weighted by molar-refractivity contribution is 0.305. The predicted octanol–water partition coefficient (Wildman–Crippen LogP) is 1.92. The second-order valence-electron chi connectivity index (χ2n) is 4.27. The molecule has 0 aliphatic heterocycles. The Morgan fingerprint density at radius 2 is 1.86 bits per heavy atom. The first-order valence-electron chi connectivity index (χ1n) is 5.84. The fourth-order valence-electron chi connectivity index (χ4n) is 1.69. The number of primary sulfonamides is 1. The molecule has 0 unspecified atom stereocenters. The second-order valence-corrected chi connectivity index (χ2v) is 5.83. The van der Waals surface area contributed by atoms with Crippen LogP contribution in [0.2, 0.25) is 0 Å². The van der Waals surface area contributed by atoms with Gasteiger partial charge in [0, 0.05) is 0 Å². The summed E-state index contributed by atoms with van der Waals surface area (Å²) in [7, 11) is -3.74. The quantitative estimate of drug-likeness (QED) is 0.934. The monoisotopic (exact) mass is 306 g/mol. The minimum Gasteiger partial charge on any atom is -0.489 e. The first-order chi connectivity index (χ1) is 9.88. The van der Waals surface area contributed by atoms with Crippen molar-refractivity contribution in [3.05, 3.63) is 59.4 Å². The van der Waals surface area contributed by atoms with Gasteiger partial charge < -0.3 is 4.74 Å². The highest BCUT2D eigenvalue weighted by atomic mass is 32.2. The predicted molar refractivity (Wildman–Crippen MR) is 73.3 cm³/mol. The molecule has 0 saturated carbocycles. The Hall–Kier alpha value is -2.43. The van der Waals surface area contributed by atoms with E-state index in [4.69, 9.17) is 15.1 Å². The molecule has 0 amide bonds. The van der Waals surface area contributed by atoms with Crippen molar-refractivity contribution in [2.75, 3.05) is 0 Å². The third-order valence-electron chi connectivity index (χ3n) is 2.64. The number of halogens is 1. The van der Waals surface area contributed by atoms with Crippen LogP contribution in [0.1, 0.15) is 11.1 Å². The largest absolute Gasteiger partial charge is 0.489 e. The molecule has 2 N–H and O–H groups in total. The molecule has 2 aromatic carbocycles. The molecule has 0 radical (unpaired) electrons. The standard InChI is InChI=1S/C14H11FN2O3S/c15-12-6-10(8-16)5-11(7-12)9-20-13-1-3-14(4-2-13)21(17,18)19/h1-7H,9H2,(H2,17,18,19). The SMILES string of the molecule is N#Cc1cc(F)cc(COc2ccc(S(N)(=O)=O)cc2)c1. The van der Waals surface area contributed by atoms with Crippen LogP contribution >= 0.6 is 0 Å². The van der Waals surface area contributed by atoms with Crippen molar-refractivity contribution >= 4 is 10.0 Å². The summed E-state index contributed by atoms with van der Waals surface area (Å²) in [5.74, 6) is -0.109. The zero-order valence-corrected chi connectivity index (χ0v) is 11.6. The first kappa shape index (κ1) is 15.0. The molecule has 0 atom stereocenters. The van der Waals surface area contributed by atoms with Crippen LogP contribution in [-0.2, 0) is 16.6 Å². The number of nitrogens with zero attached hydrogens (tertiary/aromatic N) is 1. The van der Waals surface area contributed by atoms with E-state index >= 15 is 0 Å². The number of ether oxygens (including phenoxy) is 1. The number of benzene rings is 2. The molecule has 0 heterocycles. The summed E-state index contributed by atoms with van der Waals surface area (Å²) in [6.45, 7) is 0.0567. The summed E-state index contributed by atoms with van der Waals surface area (Å²) in [6, 6.07) is 11.3. The van der Waals surface area contributed by atoms with Crippen molar-refractivity contribution in [2.24, 2.45) is 5.14 Å². The summed E-state index contributed by atoms with van der Waals surface area (Å²) in [6.07, 6.45) is 0. The molecular formula is C14H11FN2O3S. The highest BCUT2D eigenvalue weighted by Crippen LogP contribution is 2.17. The lowest BCUT2D eigenvalue weighted by Gasteiger charge is -2.07. The minimum atomic E-state index is -3.74. The average Bonchev–Trinajstić information content (AvgIpc) is 2.44. The maximum atomic E-state index is 13.2. The van der Waals surface area contributed by atoms with Crippen molar-refractivity contribution in [1.82, 2.24) is 0 Å². The van der Waals surface area contributed by atoms with Crippen molar-refractivity contribution in [3.63, 3.8) is 0 Å². The van der Waals surface area contributed by atoms with Gasteiger partial charge in [-0.15, -0.1) is 0 Å². The van der Waals surface area contributed by atoms with Crippen LogP contribution in [0, 0.1) is 17.1 Å². The lowest BCUT2D eigenvalue weighted by atomic mass is 10.1. The molecule has 5 nitrogen and oxygen atoms in total. The number of nitrogens with two attached hydrogens (primary N) is 1. The Morgan fingerprint density at radius 3 is 2.43 bits per heavy atom. The van der Waals surface area contributed by atoms with Gasteiger partial charge in [0.1, 0.15) is 18.2 Å². The summed E-state index contributed by atoms with van der Waals surface area (Å²) >= 11 is 0. The minimum absolute atomic E-state index is 0.0210. The van der Waals surface area contributed by atoms with Crippen molar-refractivity contribution in [1.29, 1.82) is 5.26 Å². The van der Waals surface area contributed by atoms with Crippen LogP contribution in [0.25, 0.3) is 0 Å². The highest BCUT2D eigenvalue weighted by Gasteiger charge is 2.07. The highest BCUT2D eigenvalue weighted by molar-refractivity contribution is 7.89. The van der Waals surface area contributed by atoms with E-state index in [1.807, 2.05) is 6.07 Å². The van der Waals surface area contributed by atoms with Gasteiger partial charge in [0.15, 0.2) is 0 Å². The van der Waals surface area contributed by atoms with E-state index in [0.29, 0.717) is 11.3 Å². The molecule has 0 fully saturated rings.